The summed E-state index contributed by atoms with van der Waals surface area (Å²) in [5, 5.41) is 0. The van der Waals surface area contributed by atoms with Gasteiger partial charge in [-0.15, -0.1) is 0 Å². The van der Waals surface area contributed by atoms with Crippen LogP contribution in [0.25, 0.3) is 0 Å². The van der Waals surface area contributed by atoms with E-state index < -0.39 is 0 Å². The number of unbranched alkanes of at least 4 members (excludes halogenated alkanes) is 5. The summed E-state index contributed by atoms with van der Waals surface area (Å²) in [5.41, 5.74) is 5.64. The summed E-state index contributed by atoms with van der Waals surface area (Å²) in [7, 11) is 0. The van der Waals surface area contributed by atoms with Crippen LogP contribution < -0.4 is 5.73 Å². The lowest BCUT2D eigenvalue weighted by atomic mass is 10.0. The Labute approximate surface area is 101 Å². The maximum Gasteiger partial charge on any atom is 0.132 e. The van der Waals surface area contributed by atoms with Gasteiger partial charge in [-0.1, -0.05) is 39.0 Å². The molecule has 0 aliphatic heterocycles. The minimum Gasteiger partial charge on any atom is -0.328 e. The van der Waals surface area contributed by atoms with Gasteiger partial charge in [0, 0.05) is 18.9 Å². The molecule has 2 heteroatoms. The van der Waals surface area contributed by atoms with Crippen molar-refractivity contribution in [3.63, 3.8) is 0 Å². The van der Waals surface area contributed by atoms with E-state index in [1.807, 2.05) is 6.92 Å². The Morgan fingerprint density at radius 1 is 1.00 bits per heavy atom. The fourth-order valence-electron chi connectivity index (χ4n) is 1.85. The van der Waals surface area contributed by atoms with Crippen molar-refractivity contribution in [1.82, 2.24) is 0 Å². The quantitative estimate of drug-likeness (QED) is 0.545. The second-order valence-electron chi connectivity index (χ2n) is 4.93. The lowest BCUT2D eigenvalue weighted by molar-refractivity contribution is -0.119. The van der Waals surface area contributed by atoms with Crippen LogP contribution in [0.2, 0.25) is 0 Å². The van der Waals surface area contributed by atoms with Crippen LogP contribution in [-0.2, 0) is 4.79 Å². The second kappa shape index (κ2) is 11.1. The third kappa shape index (κ3) is 11.7. The van der Waals surface area contributed by atoms with Gasteiger partial charge < -0.3 is 5.73 Å². The summed E-state index contributed by atoms with van der Waals surface area (Å²) in [6, 6.07) is 0.238. The molecule has 16 heavy (non-hydrogen) atoms. The minimum atomic E-state index is 0.238. The monoisotopic (exact) mass is 227 g/mol. The Hall–Kier alpha value is -0.370. The van der Waals surface area contributed by atoms with Crippen molar-refractivity contribution in [3.8, 4) is 0 Å². The SMILES string of the molecule is CCCCCCCCC(=O)CCCC(C)N. The Morgan fingerprint density at radius 3 is 2.19 bits per heavy atom. The van der Waals surface area contributed by atoms with Crippen LogP contribution in [-0.4, -0.2) is 11.8 Å². The average molecular weight is 227 g/mol. The van der Waals surface area contributed by atoms with E-state index >= 15 is 0 Å². The zero-order chi connectivity index (χ0) is 12.2. The second-order valence-corrected chi connectivity index (χ2v) is 4.93. The molecular weight excluding hydrogens is 198 g/mol. The summed E-state index contributed by atoms with van der Waals surface area (Å²) in [4.78, 5) is 11.5. The smallest absolute Gasteiger partial charge is 0.132 e. The highest BCUT2D eigenvalue weighted by molar-refractivity contribution is 5.78. The fraction of sp³-hybridized carbons (Fsp3) is 0.929. The van der Waals surface area contributed by atoms with E-state index in [4.69, 9.17) is 5.73 Å². The summed E-state index contributed by atoms with van der Waals surface area (Å²) in [5.74, 6) is 0.427. The number of carbonyl (C=O) groups excluding carboxylic acids is 1. The number of carbonyl (C=O) groups is 1. The molecule has 0 saturated heterocycles. The first-order valence-corrected chi connectivity index (χ1v) is 6.94. The van der Waals surface area contributed by atoms with E-state index in [1.165, 1.54) is 32.1 Å². The first kappa shape index (κ1) is 15.6. The standard InChI is InChI=1S/C14H29NO/c1-3-4-5-6-7-8-11-14(16)12-9-10-13(2)15/h13H,3-12,15H2,1-2H3. The molecule has 2 N–H and O–H groups in total. The molecule has 0 aromatic carbocycles. The van der Waals surface area contributed by atoms with Crippen molar-refractivity contribution in [1.29, 1.82) is 0 Å². The molecule has 0 saturated carbocycles. The number of nitrogens with two attached hydrogens (primary N) is 1. The number of hydrogen-bond donors (Lipinski definition) is 1. The van der Waals surface area contributed by atoms with Crippen molar-refractivity contribution >= 4 is 5.78 Å². The highest BCUT2D eigenvalue weighted by atomic mass is 16.1. The van der Waals surface area contributed by atoms with Gasteiger partial charge in [0.15, 0.2) is 0 Å². The maximum atomic E-state index is 11.5. The predicted octanol–water partition coefficient (Wildman–Crippen LogP) is 3.82. The van der Waals surface area contributed by atoms with Crippen molar-refractivity contribution < 1.29 is 4.79 Å². The van der Waals surface area contributed by atoms with Crippen LogP contribution in [0.1, 0.15) is 78.1 Å². The molecule has 0 radical (unpaired) electrons. The molecule has 0 heterocycles. The molecule has 2 nitrogen and oxygen atoms in total. The van der Waals surface area contributed by atoms with Crippen molar-refractivity contribution in [3.05, 3.63) is 0 Å². The summed E-state index contributed by atoms with van der Waals surface area (Å²) < 4.78 is 0. The van der Waals surface area contributed by atoms with E-state index in [2.05, 4.69) is 6.92 Å². The molecule has 0 aliphatic carbocycles. The summed E-state index contributed by atoms with van der Waals surface area (Å²) in [6.45, 7) is 4.22. The Kier molecular flexibility index (Phi) is 10.9. The van der Waals surface area contributed by atoms with Crippen LogP contribution in [0.15, 0.2) is 0 Å². The van der Waals surface area contributed by atoms with E-state index in [9.17, 15) is 4.79 Å². The third-order valence-corrected chi connectivity index (χ3v) is 2.92. The van der Waals surface area contributed by atoms with Gasteiger partial charge in [0.1, 0.15) is 5.78 Å². The zero-order valence-electron chi connectivity index (χ0n) is 11.1. The van der Waals surface area contributed by atoms with Gasteiger partial charge in [-0.3, -0.25) is 4.79 Å². The number of hydrogen-bond acceptors (Lipinski definition) is 2. The molecule has 1 unspecified atom stereocenters. The Morgan fingerprint density at radius 2 is 1.56 bits per heavy atom. The molecule has 0 fully saturated rings. The van der Waals surface area contributed by atoms with Crippen LogP contribution in [0, 0.1) is 0 Å². The molecule has 0 rings (SSSR count). The van der Waals surface area contributed by atoms with Gasteiger partial charge in [-0.2, -0.15) is 0 Å². The number of rotatable bonds is 11. The van der Waals surface area contributed by atoms with Gasteiger partial charge in [0.05, 0.1) is 0 Å². The van der Waals surface area contributed by atoms with E-state index in [-0.39, 0.29) is 6.04 Å². The van der Waals surface area contributed by atoms with Crippen LogP contribution in [0.4, 0.5) is 0 Å². The lowest BCUT2D eigenvalue weighted by Crippen LogP contribution is -2.14. The minimum absolute atomic E-state index is 0.238. The molecular formula is C14H29NO. The van der Waals surface area contributed by atoms with Gasteiger partial charge in [-0.05, 0) is 26.2 Å². The highest BCUT2D eigenvalue weighted by Gasteiger charge is 2.02. The fourth-order valence-corrected chi connectivity index (χ4v) is 1.85. The van der Waals surface area contributed by atoms with E-state index in [0.29, 0.717) is 5.78 Å². The molecule has 0 bridgehead atoms. The van der Waals surface area contributed by atoms with Gasteiger partial charge in [-0.25, -0.2) is 0 Å². The van der Waals surface area contributed by atoms with Crippen LogP contribution >= 0.6 is 0 Å². The molecule has 0 aliphatic rings. The molecule has 0 spiro atoms. The van der Waals surface area contributed by atoms with Crippen LogP contribution in [0.5, 0.6) is 0 Å². The molecule has 1 atom stereocenters. The topological polar surface area (TPSA) is 43.1 Å². The largest absolute Gasteiger partial charge is 0.328 e. The van der Waals surface area contributed by atoms with E-state index in [0.717, 1.165) is 32.1 Å². The molecule has 0 aromatic rings. The van der Waals surface area contributed by atoms with Gasteiger partial charge in [0.25, 0.3) is 0 Å². The van der Waals surface area contributed by atoms with Gasteiger partial charge in [0.2, 0.25) is 0 Å². The Bertz CT molecular complexity index is 166. The van der Waals surface area contributed by atoms with Gasteiger partial charge >= 0.3 is 0 Å². The first-order chi connectivity index (χ1) is 7.66. The molecule has 0 amide bonds. The van der Waals surface area contributed by atoms with Crippen molar-refractivity contribution in [2.24, 2.45) is 5.73 Å². The lowest BCUT2D eigenvalue weighted by Gasteiger charge is -2.04. The number of ketones is 1. The third-order valence-electron chi connectivity index (χ3n) is 2.92. The first-order valence-electron chi connectivity index (χ1n) is 6.94. The maximum absolute atomic E-state index is 11.5. The predicted molar refractivity (Wildman–Crippen MR) is 70.5 cm³/mol. The summed E-state index contributed by atoms with van der Waals surface area (Å²) >= 11 is 0. The highest BCUT2D eigenvalue weighted by Crippen LogP contribution is 2.09. The normalized spacial score (nSPS) is 12.7. The van der Waals surface area contributed by atoms with Crippen molar-refractivity contribution in [2.75, 3.05) is 0 Å². The van der Waals surface area contributed by atoms with E-state index in [1.54, 1.807) is 0 Å². The summed E-state index contributed by atoms with van der Waals surface area (Å²) in [6.07, 6.45) is 11.0. The average Bonchev–Trinajstić information content (AvgIpc) is 2.22. The molecule has 0 aromatic heterocycles. The van der Waals surface area contributed by atoms with Crippen LogP contribution in [0.3, 0.4) is 0 Å². The molecule has 96 valence electrons. The Balaban J connectivity index is 3.17. The van der Waals surface area contributed by atoms with Crippen molar-refractivity contribution in [2.45, 2.75) is 84.1 Å². The zero-order valence-corrected chi connectivity index (χ0v) is 11.1. The number of Topliss-reactive ketones (excluding diaryl/α,β-unsaturated/α-hetero) is 1.